The maximum Gasteiger partial charge on any atom is 0.229 e. The molecule has 1 fully saturated rings. The molecule has 0 spiro atoms. The normalized spacial score (nSPS) is 13.9. The molecule has 1 saturated heterocycles. The lowest BCUT2D eigenvalue weighted by Crippen LogP contribution is -2.46. The maximum absolute atomic E-state index is 9.25. The molecule has 0 bridgehead atoms. The Bertz CT molecular complexity index is 1000. The van der Waals surface area contributed by atoms with Gasteiger partial charge in [0.25, 0.3) is 0 Å². The van der Waals surface area contributed by atoms with Crippen LogP contribution in [-0.2, 0) is 0 Å². The molecule has 1 aromatic heterocycles. The molecule has 0 radical (unpaired) electrons. The highest BCUT2D eigenvalue weighted by molar-refractivity contribution is 5.63. The van der Waals surface area contributed by atoms with Crippen LogP contribution >= 0.6 is 0 Å². The van der Waals surface area contributed by atoms with Crippen molar-refractivity contribution in [1.82, 2.24) is 9.97 Å². The van der Waals surface area contributed by atoms with E-state index in [0.717, 1.165) is 32.0 Å². The van der Waals surface area contributed by atoms with Crippen LogP contribution in [0.25, 0.3) is 0 Å². The number of nitriles is 1. The van der Waals surface area contributed by atoms with Gasteiger partial charge in [0, 0.05) is 38.1 Å². The Kier molecular flexibility index (Phi) is 5.07. The fraction of sp³-hybridized carbons (Fsp3) is 0.227. The number of hydrogen-bond acceptors (Lipinski definition) is 6. The Morgan fingerprint density at radius 3 is 2.54 bits per heavy atom. The van der Waals surface area contributed by atoms with Crippen molar-refractivity contribution in [3.63, 3.8) is 0 Å². The molecule has 6 heteroatoms. The van der Waals surface area contributed by atoms with E-state index in [1.165, 1.54) is 11.3 Å². The summed E-state index contributed by atoms with van der Waals surface area (Å²) in [6.07, 6.45) is 1.76. The minimum Gasteiger partial charge on any atom is -0.368 e. The summed E-state index contributed by atoms with van der Waals surface area (Å²) in [5.74, 6) is 1.40. The van der Waals surface area contributed by atoms with Gasteiger partial charge in [-0.2, -0.15) is 10.2 Å². The van der Waals surface area contributed by atoms with Gasteiger partial charge in [-0.1, -0.05) is 24.3 Å². The van der Waals surface area contributed by atoms with Crippen molar-refractivity contribution >= 4 is 23.1 Å². The fourth-order valence-corrected chi connectivity index (χ4v) is 3.41. The molecule has 28 heavy (non-hydrogen) atoms. The summed E-state index contributed by atoms with van der Waals surface area (Å²) in [6.45, 7) is 5.83. The Balaban J connectivity index is 1.45. The van der Waals surface area contributed by atoms with Gasteiger partial charge in [0.1, 0.15) is 11.9 Å². The number of benzene rings is 2. The van der Waals surface area contributed by atoms with Crippen molar-refractivity contribution in [2.24, 2.45) is 0 Å². The molecule has 2 aromatic carbocycles. The van der Waals surface area contributed by atoms with E-state index in [1.54, 1.807) is 12.3 Å². The predicted molar refractivity (Wildman–Crippen MR) is 112 cm³/mol. The summed E-state index contributed by atoms with van der Waals surface area (Å²) < 4.78 is 0. The lowest BCUT2D eigenvalue weighted by atomic mass is 10.2. The van der Waals surface area contributed by atoms with E-state index in [1.807, 2.05) is 24.3 Å². The van der Waals surface area contributed by atoms with Crippen LogP contribution in [0.1, 0.15) is 11.1 Å². The number of para-hydroxylation sites is 1. The highest BCUT2D eigenvalue weighted by Gasteiger charge is 2.19. The largest absolute Gasteiger partial charge is 0.368 e. The third-order valence-corrected chi connectivity index (χ3v) is 4.91. The van der Waals surface area contributed by atoms with Gasteiger partial charge in [0.05, 0.1) is 11.3 Å². The van der Waals surface area contributed by atoms with Crippen LogP contribution in [0.2, 0.25) is 0 Å². The number of anilines is 4. The second kappa shape index (κ2) is 7.97. The zero-order chi connectivity index (χ0) is 19.3. The Morgan fingerprint density at radius 2 is 1.75 bits per heavy atom. The van der Waals surface area contributed by atoms with Crippen molar-refractivity contribution in [2.75, 3.05) is 41.3 Å². The van der Waals surface area contributed by atoms with E-state index in [0.29, 0.717) is 17.2 Å². The lowest BCUT2D eigenvalue weighted by molar-refractivity contribution is 0.647. The zero-order valence-electron chi connectivity index (χ0n) is 15.8. The monoisotopic (exact) mass is 370 g/mol. The molecule has 0 saturated carbocycles. The van der Waals surface area contributed by atoms with E-state index in [9.17, 15) is 5.26 Å². The van der Waals surface area contributed by atoms with Gasteiger partial charge in [-0.15, -0.1) is 0 Å². The van der Waals surface area contributed by atoms with Crippen LogP contribution in [0.5, 0.6) is 0 Å². The van der Waals surface area contributed by atoms with E-state index >= 15 is 0 Å². The van der Waals surface area contributed by atoms with Gasteiger partial charge >= 0.3 is 0 Å². The summed E-state index contributed by atoms with van der Waals surface area (Å²) in [5, 5.41) is 12.4. The van der Waals surface area contributed by atoms with Crippen molar-refractivity contribution in [1.29, 1.82) is 5.26 Å². The summed E-state index contributed by atoms with van der Waals surface area (Å²) in [6, 6.07) is 20.1. The molecule has 6 nitrogen and oxygen atoms in total. The van der Waals surface area contributed by atoms with Crippen molar-refractivity contribution < 1.29 is 0 Å². The first-order chi connectivity index (χ1) is 13.7. The minimum atomic E-state index is 0.501. The Morgan fingerprint density at radius 1 is 0.964 bits per heavy atom. The molecule has 140 valence electrons. The topological polar surface area (TPSA) is 68.1 Å². The molecule has 0 aliphatic carbocycles. The highest BCUT2D eigenvalue weighted by Crippen LogP contribution is 2.22. The average molecular weight is 370 g/mol. The third kappa shape index (κ3) is 3.89. The van der Waals surface area contributed by atoms with Crippen LogP contribution < -0.4 is 15.1 Å². The molecule has 0 unspecified atom stereocenters. The third-order valence-electron chi connectivity index (χ3n) is 4.91. The summed E-state index contributed by atoms with van der Waals surface area (Å²) in [4.78, 5) is 13.6. The van der Waals surface area contributed by atoms with Gasteiger partial charge in [0.15, 0.2) is 0 Å². The average Bonchev–Trinajstić information content (AvgIpc) is 2.74. The molecule has 1 aliphatic heterocycles. The standard InChI is InChI=1S/C22H22N6/c1-17-5-4-7-19(15-17)27-11-13-28(14-12-27)21-9-10-24-22(26-21)25-20-8-3-2-6-18(20)16-23/h2-10,15H,11-14H2,1H3,(H,24,25,26). The number of hydrogen-bond donors (Lipinski definition) is 1. The Hall–Kier alpha value is -3.59. The minimum absolute atomic E-state index is 0.501. The molecular formula is C22H22N6. The highest BCUT2D eigenvalue weighted by atomic mass is 15.3. The van der Waals surface area contributed by atoms with E-state index in [2.05, 4.69) is 62.3 Å². The molecule has 2 heterocycles. The molecule has 3 aromatic rings. The number of nitrogens with zero attached hydrogens (tertiary/aromatic N) is 5. The summed E-state index contributed by atoms with van der Waals surface area (Å²) in [5.41, 5.74) is 3.84. The molecule has 0 atom stereocenters. The van der Waals surface area contributed by atoms with Crippen molar-refractivity contribution in [2.45, 2.75) is 6.92 Å². The number of nitrogens with one attached hydrogen (secondary N) is 1. The second-order valence-electron chi connectivity index (χ2n) is 6.83. The van der Waals surface area contributed by atoms with E-state index < -0.39 is 0 Å². The second-order valence-corrected chi connectivity index (χ2v) is 6.83. The fourth-order valence-electron chi connectivity index (χ4n) is 3.41. The maximum atomic E-state index is 9.25. The van der Waals surface area contributed by atoms with Gasteiger partial charge in [-0.25, -0.2) is 4.98 Å². The first kappa shape index (κ1) is 17.8. The predicted octanol–water partition coefficient (Wildman–Crippen LogP) is 3.73. The van der Waals surface area contributed by atoms with Crippen LogP contribution in [0.15, 0.2) is 60.8 Å². The van der Waals surface area contributed by atoms with Gasteiger partial charge in [-0.05, 0) is 42.8 Å². The molecule has 0 amide bonds. The van der Waals surface area contributed by atoms with Crippen LogP contribution in [-0.4, -0.2) is 36.1 Å². The molecule has 1 aliphatic rings. The van der Waals surface area contributed by atoms with Gasteiger partial charge in [-0.3, -0.25) is 0 Å². The summed E-state index contributed by atoms with van der Waals surface area (Å²) in [7, 11) is 0. The van der Waals surface area contributed by atoms with Crippen LogP contribution in [0.3, 0.4) is 0 Å². The zero-order valence-corrected chi connectivity index (χ0v) is 15.8. The number of aryl methyl sites for hydroxylation is 1. The Labute approximate surface area is 165 Å². The first-order valence-electron chi connectivity index (χ1n) is 9.39. The first-order valence-corrected chi connectivity index (χ1v) is 9.39. The van der Waals surface area contributed by atoms with Crippen LogP contribution in [0, 0.1) is 18.3 Å². The quantitative estimate of drug-likeness (QED) is 0.755. The smallest absolute Gasteiger partial charge is 0.229 e. The van der Waals surface area contributed by atoms with Crippen molar-refractivity contribution in [3.8, 4) is 6.07 Å². The van der Waals surface area contributed by atoms with E-state index in [-0.39, 0.29) is 0 Å². The van der Waals surface area contributed by atoms with Crippen LogP contribution in [0.4, 0.5) is 23.1 Å². The number of piperazine rings is 1. The van der Waals surface area contributed by atoms with Crippen molar-refractivity contribution in [3.05, 3.63) is 71.9 Å². The van der Waals surface area contributed by atoms with E-state index in [4.69, 9.17) is 0 Å². The lowest BCUT2D eigenvalue weighted by Gasteiger charge is -2.36. The molecule has 4 rings (SSSR count). The molecule has 1 N–H and O–H groups in total. The molecular weight excluding hydrogens is 348 g/mol. The SMILES string of the molecule is Cc1cccc(N2CCN(c3ccnc(Nc4ccccc4C#N)n3)CC2)c1. The summed E-state index contributed by atoms with van der Waals surface area (Å²) >= 11 is 0. The van der Waals surface area contributed by atoms with Gasteiger partial charge < -0.3 is 15.1 Å². The number of aromatic nitrogens is 2. The number of rotatable bonds is 4. The van der Waals surface area contributed by atoms with Gasteiger partial charge in [0.2, 0.25) is 5.95 Å².